The summed E-state index contributed by atoms with van der Waals surface area (Å²) >= 11 is 0. The fourth-order valence-corrected chi connectivity index (χ4v) is 1.04. The van der Waals surface area contributed by atoms with Crippen molar-refractivity contribution >= 4 is 11.9 Å². The van der Waals surface area contributed by atoms with E-state index >= 15 is 0 Å². The molecule has 0 saturated carbocycles. The molecule has 17 heavy (non-hydrogen) atoms. The van der Waals surface area contributed by atoms with Crippen molar-refractivity contribution < 1.29 is 24.5 Å². The average molecular weight is 247 g/mol. The number of aliphatic hydroxyl groups excluding tert-OH is 2. The van der Waals surface area contributed by atoms with Gasteiger partial charge in [0.15, 0.2) is 0 Å². The van der Waals surface area contributed by atoms with Gasteiger partial charge in [0.05, 0.1) is 13.2 Å². The van der Waals surface area contributed by atoms with Crippen molar-refractivity contribution in [3.05, 3.63) is 0 Å². The minimum atomic E-state index is -1.26. The molecule has 1 unspecified atom stereocenters. The zero-order valence-electron chi connectivity index (χ0n) is 10.5. The van der Waals surface area contributed by atoms with Crippen LogP contribution < -0.4 is 5.32 Å². The molecule has 0 aliphatic heterocycles. The highest BCUT2D eigenvalue weighted by atomic mass is 16.5. The first-order chi connectivity index (χ1) is 7.81. The lowest BCUT2D eigenvalue weighted by Crippen LogP contribution is -2.45. The predicted octanol–water partition coefficient (Wildman–Crippen LogP) is -0.565. The summed E-state index contributed by atoms with van der Waals surface area (Å²) in [5.74, 6) is -0.898. The maximum atomic E-state index is 11.5. The molecule has 0 radical (unpaired) electrons. The summed E-state index contributed by atoms with van der Waals surface area (Å²) in [5, 5.41) is 21.1. The number of aliphatic hydroxyl groups is 2. The Morgan fingerprint density at radius 1 is 1.41 bits per heavy atom. The first kappa shape index (κ1) is 15.9. The Hall–Kier alpha value is -1.14. The Balaban J connectivity index is 3.83. The summed E-state index contributed by atoms with van der Waals surface area (Å²) in [7, 11) is 0. The molecule has 100 valence electrons. The Morgan fingerprint density at radius 3 is 2.47 bits per heavy atom. The number of amides is 1. The molecule has 0 aromatic heterocycles. The van der Waals surface area contributed by atoms with Crippen molar-refractivity contribution in [1.82, 2.24) is 5.32 Å². The number of ether oxygens (including phenoxy) is 1. The Labute approximate surface area is 101 Å². The zero-order chi connectivity index (χ0) is 13.5. The van der Waals surface area contributed by atoms with Crippen molar-refractivity contribution in [3.8, 4) is 0 Å². The largest absolute Gasteiger partial charge is 0.466 e. The number of hydrogen-bond donors (Lipinski definition) is 3. The zero-order valence-corrected chi connectivity index (χ0v) is 10.5. The third-order valence-corrected chi connectivity index (χ3v) is 2.32. The second kappa shape index (κ2) is 7.24. The molecule has 1 atom stereocenters. The van der Waals surface area contributed by atoms with Crippen LogP contribution in [0.3, 0.4) is 0 Å². The van der Waals surface area contributed by atoms with Crippen LogP contribution in [-0.4, -0.2) is 48.0 Å². The van der Waals surface area contributed by atoms with Gasteiger partial charge < -0.3 is 20.3 Å². The molecule has 0 bridgehead atoms. The molecule has 0 spiro atoms. The van der Waals surface area contributed by atoms with Crippen molar-refractivity contribution in [2.75, 3.05) is 19.8 Å². The monoisotopic (exact) mass is 247 g/mol. The van der Waals surface area contributed by atoms with Crippen LogP contribution in [0.15, 0.2) is 0 Å². The summed E-state index contributed by atoms with van der Waals surface area (Å²) in [6.45, 7) is 4.76. The van der Waals surface area contributed by atoms with Crippen LogP contribution in [0.2, 0.25) is 0 Å². The maximum absolute atomic E-state index is 11.5. The van der Waals surface area contributed by atoms with Crippen molar-refractivity contribution in [3.63, 3.8) is 0 Å². The first-order valence-electron chi connectivity index (χ1n) is 5.51. The van der Waals surface area contributed by atoms with E-state index in [0.717, 1.165) is 0 Å². The molecule has 0 fully saturated rings. The molecule has 0 rings (SSSR count). The van der Waals surface area contributed by atoms with Gasteiger partial charge in [0.25, 0.3) is 0 Å². The van der Waals surface area contributed by atoms with Crippen molar-refractivity contribution in [2.45, 2.75) is 33.3 Å². The van der Waals surface area contributed by atoms with Gasteiger partial charge in [-0.05, 0) is 6.42 Å². The van der Waals surface area contributed by atoms with E-state index in [2.05, 4.69) is 10.1 Å². The van der Waals surface area contributed by atoms with Crippen LogP contribution in [0, 0.1) is 5.41 Å². The molecular formula is C11H21NO5. The minimum absolute atomic E-state index is 0.231. The van der Waals surface area contributed by atoms with E-state index < -0.39 is 17.4 Å². The lowest BCUT2D eigenvalue weighted by atomic mass is 9.87. The second-order valence-electron chi connectivity index (χ2n) is 4.53. The van der Waals surface area contributed by atoms with Gasteiger partial charge in [-0.25, -0.2) is 0 Å². The molecule has 0 aromatic rings. The SMILES string of the molecule is CC(=O)OCCCNC(=O)C(O)C(C)(C)CO. The van der Waals surface area contributed by atoms with E-state index in [1.165, 1.54) is 6.92 Å². The summed E-state index contributed by atoms with van der Waals surface area (Å²) in [5.41, 5.74) is -0.875. The average Bonchev–Trinajstić information content (AvgIpc) is 2.26. The normalized spacial score (nSPS) is 13.0. The van der Waals surface area contributed by atoms with Gasteiger partial charge in [0.2, 0.25) is 5.91 Å². The van der Waals surface area contributed by atoms with E-state index in [1.807, 2.05) is 0 Å². The highest BCUT2D eigenvalue weighted by Crippen LogP contribution is 2.19. The lowest BCUT2D eigenvalue weighted by molar-refractivity contribution is -0.141. The number of nitrogens with one attached hydrogen (secondary N) is 1. The van der Waals surface area contributed by atoms with Gasteiger partial charge in [0, 0.05) is 18.9 Å². The van der Waals surface area contributed by atoms with Crippen LogP contribution in [0.25, 0.3) is 0 Å². The highest BCUT2D eigenvalue weighted by molar-refractivity contribution is 5.81. The standard InChI is InChI=1S/C11H21NO5/c1-8(14)17-6-4-5-12-10(16)9(15)11(2,3)7-13/h9,13,15H,4-7H2,1-3H3,(H,12,16). The third kappa shape index (κ3) is 6.23. The molecule has 1 amide bonds. The summed E-state index contributed by atoms with van der Waals surface area (Å²) in [6.07, 6.45) is -0.779. The van der Waals surface area contributed by atoms with E-state index in [4.69, 9.17) is 5.11 Å². The number of esters is 1. The van der Waals surface area contributed by atoms with E-state index in [9.17, 15) is 14.7 Å². The van der Waals surface area contributed by atoms with Gasteiger partial charge in [0.1, 0.15) is 6.10 Å². The molecule has 6 nitrogen and oxygen atoms in total. The molecule has 0 aliphatic carbocycles. The smallest absolute Gasteiger partial charge is 0.302 e. The van der Waals surface area contributed by atoms with Crippen LogP contribution in [0.5, 0.6) is 0 Å². The van der Waals surface area contributed by atoms with Gasteiger partial charge in [-0.2, -0.15) is 0 Å². The fraction of sp³-hybridized carbons (Fsp3) is 0.818. The van der Waals surface area contributed by atoms with Crippen LogP contribution >= 0.6 is 0 Å². The van der Waals surface area contributed by atoms with Crippen molar-refractivity contribution in [1.29, 1.82) is 0 Å². The van der Waals surface area contributed by atoms with Gasteiger partial charge in [-0.15, -0.1) is 0 Å². The Kier molecular flexibility index (Phi) is 6.75. The van der Waals surface area contributed by atoms with Crippen LogP contribution in [-0.2, 0) is 14.3 Å². The highest BCUT2D eigenvalue weighted by Gasteiger charge is 2.32. The second-order valence-corrected chi connectivity index (χ2v) is 4.53. The molecular weight excluding hydrogens is 226 g/mol. The number of carbonyl (C=O) groups excluding carboxylic acids is 2. The van der Waals surface area contributed by atoms with Gasteiger partial charge in [-0.3, -0.25) is 9.59 Å². The summed E-state index contributed by atoms with van der Waals surface area (Å²) in [4.78, 5) is 21.9. The summed E-state index contributed by atoms with van der Waals surface area (Å²) < 4.78 is 4.68. The maximum Gasteiger partial charge on any atom is 0.302 e. The number of rotatable bonds is 7. The quantitative estimate of drug-likeness (QED) is 0.414. The van der Waals surface area contributed by atoms with Gasteiger partial charge in [-0.1, -0.05) is 13.8 Å². The molecule has 0 aliphatic rings. The minimum Gasteiger partial charge on any atom is -0.466 e. The lowest BCUT2D eigenvalue weighted by Gasteiger charge is -2.27. The predicted molar refractivity (Wildman–Crippen MR) is 61.1 cm³/mol. The number of carbonyl (C=O) groups is 2. The fourth-order valence-electron chi connectivity index (χ4n) is 1.04. The topological polar surface area (TPSA) is 95.9 Å². The third-order valence-electron chi connectivity index (χ3n) is 2.32. The van der Waals surface area contributed by atoms with Crippen LogP contribution in [0.4, 0.5) is 0 Å². The number of hydrogen-bond acceptors (Lipinski definition) is 5. The molecule has 0 aromatic carbocycles. The van der Waals surface area contributed by atoms with E-state index in [1.54, 1.807) is 13.8 Å². The molecule has 0 saturated heterocycles. The van der Waals surface area contributed by atoms with Crippen molar-refractivity contribution in [2.24, 2.45) is 5.41 Å². The van der Waals surface area contributed by atoms with Gasteiger partial charge >= 0.3 is 5.97 Å². The Bertz CT molecular complexity index is 265. The summed E-state index contributed by atoms with van der Waals surface area (Å²) in [6, 6.07) is 0. The molecule has 0 heterocycles. The first-order valence-corrected chi connectivity index (χ1v) is 5.51. The Morgan fingerprint density at radius 2 is 2.00 bits per heavy atom. The van der Waals surface area contributed by atoms with Crippen LogP contribution in [0.1, 0.15) is 27.2 Å². The van der Waals surface area contributed by atoms with E-state index in [-0.39, 0.29) is 19.2 Å². The molecule has 3 N–H and O–H groups in total. The molecule has 6 heteroatoms. The van der Waals surface area contributed by atoms with E-state index in [0.29, 0.717) is 13.0 Å².